The molecule has 1 saturated heterocycles. The first-order chi connectivity index (χ1) is 8.84. The molecule has 4 nitrogen and oxygen atoms in total. The summed E-state index contributed by atoms with van der Waals surface area (Å²) in [6, 6.07) is 7.51. The Morgan fingerprint density at radius 1 is 1.28 bits per heavy atom. The number of Topliss-reactive ketones (excluding diaryl/α,β-unsaturated/α-hetero) is 1. The van der Waals surface area contributed by atoms with Crippen molar-refractivity contribution in [3.05, 3.63) is 42.2 Å². The third-order valence-electron chi connectivity index (χ3n) is 3.02. The number of benzene rings is 1. The molecule has 1 aliphatic rings. The molecule has 0 aliphatic carbocycles. The Balaban J connectivity index is 1.91. The largest absolute Gasteiger partial charge is 0.350 e. The van der Waals surface area contributed by atoms with Crippen LogP contribution in [0, 0.1) is 0 Å². The number of carbonyl (C=O) groups excluding carboxylic acids is 1. The molecule has 1 fully saturated rings. The molecule has 92 valence electrons. The van der Waals surface area contributed by atoms with Crippen LogP contribution in [-0.2, 0) is 9.47 Å². The van der Waals surface area contributed by atoms with Gasteiger partial charge in [0.2, 0.25) is 0 Å². The molecular weight excluding hydrogens is 230 g/mol. The van der Waals surface area contributed by atoms with E-state index in [1.165, 1.54) is 0 Å². The molecule has 0 radical (unpaired) electrons. The van der Waals surface area contributed by atoms with Gasteiger partial charge < -0.3 is 9.47 Å². The van der Waals surface area contributed by atoms with Crippen LogP contribution in [-0.4, -0.2) is 30.3 Å². The standard InChI is InChI=1S/C14H13NO3/c16-13(8-14-17-6-7-18-14)12-3-1-2-10-9-15-5-4-11(10)12/h1-5,9,14H,6-8H2. The number of pyridine rings is 1. The molecule has 0 amide bonds. The van der Waals surface area contributed by atoms with Crippen molar-refractivity contribution in [1.29, 1.82) is 0 Å². The molecule has 0 unspecified atom stereocenters. The average molecular weight is 243 g/mol. The van der Waals surface area contributed by atoms with E-state index in [1.807, 2.05) is 24.3 Å². The fourth-order valence-electron chi connectivity index (χ4n) is 2.15. The highest BCUT2D eigenvalue weighted by Gasteiger charge is 2.21. The molecule has 1 aromatic heterocycles. The Hall–Kier alpha value is -1.78. The number of hydrogen-bond donors (Lipinski definition) is 0. The lowest BCUT2D eigenvalue weighted by atomic mass is 10.0. The third kappa shape index (κ3) is 2.12. The van der Waals surface area contributed by atoms with Gasteiger partial charge in [-0.05, 0) is 11.5 Å². The monoisotopic (exact) mass is 243 g/mol. The summed E-state index contributed by atoms with van der Waals surface area (Å²) >= 11 is 0. The van der Waals surface area contributed by atoms with Gasteiger partial charge in [0.25, 0.3) is 0 Å². The summed E-state index contributed by atoms with van der Waals surface area (Å²) in [4.78, 5) is 16.3. The molecule has 2 aromatic rings. The van der Waals surface area contributed by atoms with E-state index in [0.717, 1.165) is 10.8 Å². The number of carbonyl (C=O) groups is 1. The molecule has 18 heavy (non-hydrogen) atoms. The fraction of sp³-hybridized carbons (Fsp3) is 0.286. The SMILES string of the molecule is O=C(CC1OCCO1)c1cccc2cnccc12. The zero-order valence-electron chi connectivity index (χ0n) is 9.83. The van der Waals surface area contributed by atoms with E-state index in [4.69, 9.17) is 9.47 Å². The van der Waals surface area contributed by atoms with Crippen LogP contribution >= 0.6 is 0 Å². The molecule has 1 aromatic carbocycles. The second kappa shape index (κ2) is 4.84. The summed E-state index contributed by atoms with van der Waals surface area (Å²) in [6.07, 6.45) is 3.33. The van der Waals surface area contributed by atoms with E-state index in [1.54, 1.807) is 12.4 Å². The minimum Gasteiger partial charge on any atom is -0.350 e. The summed E-state index contributed by atoms with van der Waals surface area (Å²) in [5.74, 6) is 0.0405. The maximum atomic E-state index is 12.2. The molecule has 0 atom stereocenters. The first-order valence-corrected chi connectivity index (χ1v) is 5.94. The van der Waals surface area contributed by atoms with Gasteiger partial charge in [-0.25, -0.2) is 0 Å². The van der Waals surface area contributed by atoms with Crippen molar-refractivity contribution in [2.45, 2.75) is 12.7 Å². The van der Waals surface area contributed by atoms with Crippen molar-refractivity contribution in [3.8, 4) is 0 Å². The zero-order valence-corrected chi connectivity index (χ0v) is 9.83. The molecule has 1 aliphatic heterocycles. The smallest absolute Gasteiger partial charge is 0.168 e. The van der Waals surface area contributed by atoms with Gasteiger partial charge >= 0.3 is 0 Å². The first-order valence-electron chi connectivity index (χ1n) is 5.94. The molecule has 2 heterocycles. The average Bonchev–Trinajstić information content (AvgIpc) is 2.91. The van der Waals surface area contributed by atoms with Crippen LogP contribution in [0.1, 0.15) is 16.8 Å². The third-order valence-corrected chi connectivity index (χ3v) is 3.02. The van der Waals surface area contributed by atoms with Gasteiger partial charge in [0, 0.05) is 23.3 Å². The van der Waals surface area contributed by atoms with Crippen LogP contribution < -0.4 is 0 Å². The van der Waals surface area contributed by atoms with E-state index in [-0.39, 0.29) is 12.2 Å². The number of rotatable bonds is 3. The first kappa shape index (κ1) is 11.3. The van der Waals surface area contributed by atoms with Gasteiger partial charge in [-0.2, -0.15) is 0 Å². The number of ether oxygens (including phenoxy) is 2. The number of aromatic nitrogens is 1. The molecule has 4 heteroatoms. The van der Waals surface area contributed by atoms with Crippen LogP contribution in [0.15, 0.2) is 36.7 Å². The highest BCUT2D eigenvalue weighted by molar-refractivity contribution is 6.08. The zero-order chi connectivity index (χ0) is 12.4. The van der Waals surface area contributed by atoms with Crippen molar-refractivity contribution in [1.82, 2.24) is 4.98 Å². The van der Waals surface area contributed by atoms with Crippen LogP contribution in [0.25, 0.3) is 10.8 Å². The summed E-state index contributed by atoms with van der Waals surface area (Å²) in [5, 5.41) is 1.90. The Kier molecular flexibility index (Phi) is 3.04. The van der Waals surface area contributed by atoms with E-state index in [2.05, 4.69) is 4.98 Å². The number of hydrogen-bond acceptors (Lipinski definition) is 4. The van der Waals surface area contributed by atoms with Crippen LogP contribution in [0.2, 0.25) is 0 Å². The number of fused-ring (bicyclic) bond motifs is 1. The topological polar surface area (TPSA) is 48.4 Å². The lowest BCUT2D eigenvalue weighted by molar-refractivity contribution is -0.0407. The Morgan fingerprint density at radius 2 is 2.11 bits per heavy atom. The summed E-state index contributed by atoms with van der Waals surface area (Å²) in [7, 11) is 0. The molecule has 0 bridgehead atoms. The van der Waals surface area contributed by atoms with Crippen LogP contribution in [0.5, 0.6) is 0 Å². The fourth-order valence-corrected chi connectivity index (χ4v) is 2.15. The molecule has 3 rings (SSSR count). The second-order valence-corrected chi connectivity index (χ2v) is 4.20. The van der Waals surface area contributed by atoms with Crippen LogP contribution in [0.3, 0.4) is 0 Å². The van der Waals surface area contributed by atoms with Gasteiger partial charge in [-0.15, -0.1) is 0 Å². The minimum atomic E-state index is -0.394. The molecule has 0 N–H and O–H groups in total. The predicted molar refractivity (Wildman–Crippen MR) is 66.4 cm³/mol. The predicted octanol–water partition coefficient (Wildman–Crippen LogP) is 2.18. The van der Waals surface area contributed by atoms with Gasteiger partial charge in [-0.1, -0.05) is 18.2 Å². The Labute approximate surface area is 105 Å². The maximum Gasteiger partial charge on any atom is 0.168 e. The Bertz CT molecular complexity index is 571. The minimum absolute atomic E-state index is 0.0405. The van der Waals surface area contributed by atoms with Crippen molar-refractivity contribution < 1.29 is 14.3 Å². The lowest BCUT2D eigenvalue weighted by Gasteiger charge is -2.09. The summed E-state index contributed by atoms with van der Waals surface area (Å²) in [6.45, 7) is 1.13. The summed E-state index contributed by atoms with van der Waals surface area (Å²) in [5.41, 5.74) is 0.703. The van der Waals surface area contributed by atoms with E-state index >= 15 is 0 Å². The van der Waals surface area contributed by atoms with Crippen molar-refractivity contribution in [2.75, 3.05) is 13.2 Å². The molecule has 0 saturated carbocycles. The highest BCUT2D eigenvalue weighted by atomic mass is 16.7. The van der Waals surface area contributed by atoms with Crippen LogP contribution in [0.4, 0.5) is 0 Å². The van der Waals surface area contributed by atoms with Crippen molar-refractivity contribution in [3.63, 3.8) is 0 Å². The molecule has 0 spiro atoms. The molecular formula is C14H13NO3. The van der Waals surface area contributed by atoms with Gasteiger partial charge in [0.05, 0.1) is 19.6 Å². The Morgan fingerprint density at radius 3 is 2.94 bits per heavy atom. The highest BCUT2D eigenvalue weighted by Crippen LogP contribution is 2.20. The van der Waals surface area contributed by atoms with E-state index in [0.29, 0.717) is 18.8 Å². The van der Waals surface area contributed by atoms with E-state index < -0.39 is 6.29 Å². The van der Waals surface area contributed by atoms with E-state index in [9.17, 15) is 4.79 Å². The van der Waals surface area contributed by atoms with Gasteiger partial charge in [0.1, 0.15) is 0 Å². The van der Waals surface area contributed by atoms with Crippen molar-refractivity contribution in [2.24, 2.45) is 0 Å². The van der Waals surface area contributed by atoms with Gasteiger partial charge in [0.15, 0.2) is 12.1 Å². The maximum absolute atomic E-state index is 12.2. The number of nitrogens with zero attached hydrogens (tertiary/aromatic N) is 1. The second-order valence-electron chi connectivity index (χ2n) is 4.20. The lowest BCUT2D eigenvalue weighted by Crippen LogP contribution is -2.14. The van der Waals surface area contributed by atoms with Gasteiger partial charge in [-0.3, -0.25) is 9.78 Å². The number of ketones is 1. The van der Waals surface area contributed by atoms with Crippen molar-refractivity contribution >= 4 is 16.6 Å². The normalized spacial score (nSPS) is 16.2. The quantitative estimate of drug-likeness (QED) is 0.775. The summed E-state index contributed by atoms with van der Waals surface area (Å²) < 4.78 is 10.6.